The molecule has 3 aromatic rings. The second-order valence-corrected chi connectivity index (χ2v) is 5.82. The van der Waals surface area contributed by atoms with Gasteiger partial charge in [0, 0.05) is 17.4 Å². The quantitative estimate of drug-likeness (QED) is 0.259. The average molecular weight is 506 g/mol. The maximum Gasteiger partial charge on any atom is 0.246 e. The third-order valence-electron chi connectivity index (χ3n) is 3.61. The predicted molar refractivity (Wildman–Crippen MR) is 124 cm³/mol. The maximum atomic E-state index is 12.9. The number of para-hydroxylation sites is 1. The van der Waals surface area contributed by atoms with Crippen LogP contribution in [0.5, 0.6) is 11.5 Å². The van der Waals surface area contributed by atoms with Gasteiger partial charge >= 0.3 is 0 Å². The highest BCUT2D eigenvalue weighted by Gasteiger charge is 2.04. The summed E-state index contributed by atoms with van der Waals surface area (Å²) < 4.78 is 18.6. The third kappa shape index (κ3) is 7.41. The predicted octanol–water partition coefficient (Wildman–Crippen LogP) is 4.60. The largest absolute Gasteiger partial charge is 0.457 e. The fourth-order valence-corrected chi connectivity index (χ4v) is 2.34. The van der Waals surface area contributed by atoms with Crippen molar-refractivity contribution in [2.45, 2.75) is 0 Å². The molecule has 8 heteroatoms. The van der Waals surface area contributed by atoms with E-state index in [1.165, 1.54) is 24.3 Å². The van der Waals surface area contributed by atoms with E-state index in [-0.39, 0.29) is 48.2 Å². The van der Waals surface area contributed by atoms with E-state index in [0.717, 1.165) is 5.75 Å². The number of nitrogens with one attached hydrogen (secondary N) is 2. The number of guanidine groups is 1. The monoisotopic (exact) mass is 506 g/mol. The summed E-state index contributed by atoms with van der Waals surface area (Å²) in [6.45, 7) is -0.170. The Morgan fingerprint density at radius 3 is 2.31 bits per heavy atom. The minimum atomic E-state index is -0.372. The molecule has 150 valence electrons. The number of amides is 1. The highest BCUT2D eigenvalue weighted by molar-refractivity contribution is 14.0. The summed E-state index contributed by atoms with van der Waals surface area (Å²) in [6, 6.07) is 22.1. The molecule has 0 fully saturated rings. The van der Waals surface area contributed by atoms with Crippen LogP contribution in [0.25, 0.3) is 0 Å². The maximum absolute atomic E-state index is 12.9. The number of ether oxygens (including phenoxy) is 1. The first-order chi connectivity index (χ1) is 13.6. The molecule has 0 aliphatic heterocycles. The summed E-state index contributed by atoms with van der Waals surface area (Å²) in [6.07, 6.45) is 0. The molecular weight excluding hydrogens is 486 g/mol. The molecule has 1 amide bonds. The highest BCUT2D eigenvalue weighted by atomic mass is 127. The number of hydrogen-bond donors (Lipinski definition) is 3. The molecule has 0 saturated carbocycles. The first-order valence-corrected chi connectivity index (χ1v) is 8.54. The Labute approximate surface area is 185 Å². The van der Waals surface area contributed by atoms with Crippen LogP contribution in [0.1, 0.15) is 0 Å². The molecular formula is C21H20FIN4O2. The Morgan fingerprint density at radius 2 is 1.59 bits per heavy atom. The van der Waals surface area contributed by atoms with Crippen LogP contribution in [0.15, 0.2) is 83.9 Å². The Bertz CT molecular complexity index is 966. The second-order valence-electron chi connectivity index (χ2n) is 5.82. The Balaban J connectivity index is 0.00000300. The van der Waals surface area contributed by atoms with Gasteiger partial charge in [0.1, 0.15) is 23.9 Å². The Hall–Kier alpha value is -3.14. The van der Waals surface area contributed by atoms with E-state index >= 15 is 0 Å². The summed E-state index contributed by atoms with van der Waals surface area (Å²) in [7, 11) is 0. The lowest BCUT2D eigenvalue weighted by atomic mass is 10.3. The van der Waals surface area contributed by atoms with Crippen molar-refractivity contribution in [3.8, 4) is 11.5 Å². The summed E-state index contributed by atoms with van der Waals surface area (Å²) in [5, 5.41) is 5.52. The van der Waals surface area contributed by atoms with Crippen molar-refractivity contribution in [2.24, 2.45) is 10.7 Å². The van der Waals surface area contributed by atoms with Crippen molar-refractivity contribution in [1.29, 1.82) is 0 Å². The number of nitrogens with zero attached hydrogens (tertiary/aromatic N) is 1. The SMILES string of the molecule is I.NC(=NCC(=O)Nc1ccc(F)cc1)Nc1cccc(Oc2ccccc2)c1. The number of nitrogens with two attached hydrogens (primary N) is 1. The topological polar surface area (TPSA) is 88.7 Å². The smallest absolute Gasteiger partial charge is 0.246 e. The van der Waals surface area contributed by atoms with E-state index in [4.69, 9.17) is 10.5 Å². The highest BCUT2D eigenvalue weighted by Crippen LogP contribution is 2.23. The molecule has 0 unspecified atom stereocenters. The molecule has 0 aliphatic carbocycles. The lowest BCUT2D eigenvalue weighted by Gasteiger charge is -2.09. The Kier molecular flexibility index (Phi) is 8.41. The van der Waals surface area contributed by atoms with E-state index in [1.807, 2.05) is 42.5 Å². The second kappa shape index (κ2) is 11.0. The number of carbonyl (C=O) groups is 1. The van der Waals surface area contributed by atoms with E-state index in [0.29, 0.717) is 17.1 Å². The molecule has 29 heavy (non-hydrogen) atoms. The van der Waals surface area contributed by atoms with E-state index < -0.39 is 0 Å². The van der Waals surface area contributed by atoms with Crippen LogP contribution in [-0.4, -0.2) is 18.4 Å². The zero-order chi connectivity index (χ0) is 19.8. The van der Waals surface area contributed by atoms with Gasteiger partial charge in [-0.3, -0.25) is 4.79 Å². The molecule has 3 rings (SSSR count). The van der Waals surface area contributed by atoms with Crippen LogP contribution in [0.2, 0.25) is 0 Å². The summed E-state index contributed by atoms with van der Waals surface area (Å²) in [5.41, 5.74) is 7.00. The zero-order valence-electron chi connectivity index (χ0n) is 15.3. The normalized spacial score (nSPS) is 10.6. The molecule has 0 bridgehead atoms. The van der Waals surface area contributed by atoms with Gasteiger partial charge in [0.2, 0.25) is 5.91 Å². The fraction of sp³-hybridized carbons (Fsp3) is 0.0476. The first-order valence-electron chi connectivity index (χ1n) is 8.54. The zero-order valence-corrected chi connectivity index (χ0v) is 17.7. The van der Waals surface area contributed by atoms with Crippen molar-refractivity contribution >= 4 is 47.2 Å². The summed E-state index contributed by atoms with van der Waals surface area (Å²) >= 11 is 0. The van der Waals surface area contributed by atoms with Crippen LogP contribution < -0.4 is 21.1 Å². The van der Waals surface area contributed by atoms with Crippen LogP contribution in [0.4, 0.5) is 15.8 Å². The summed E-state index contributed by atoms with van der Waals surface area (Å²) in [4.78, 5) is 15.9. The lowest BCUT2D eigenvalue weighted by Crippen LogP contribution is -2.25. The van der Waals surface area contributed by atoms with E-state index in [9.17, 15) is 9.18 Å². The molecule has 4 N–H and O–H groups in total. The van der Waals surface area contributed by atoms with Gasteiger partial charge < -0.3 is 21.1 Å². The van der Waals surface area contributed by atoms with Crippen LogP contribution in [0.3, 0.4) is 0 Å². The number of rotatable bonds is 6. The molecule has 0 heterocycles. The molecule has 0 saturated heterocycles. The minimum absolute atomic E-state index is 0. The molecule has 6 nitrogen and oxygen atoms in total. The van der Waals surface area contributed by atoms with Gasteiger partial charge in [-0.1, -0.05) is 24.3 Å². The molecule has 0 aromatic heterocycles. The molecule has 3 aromatic carbocycles. The van der Waals surface area contributed by atoms with Gasteiger partial charge in [0.05, 0.1) is 0 Å². The number of hydrogen-bond acceptors (Lipinski definition) is 3. The number of benzene rings is 3. The van der Waals surface area contributed by atoms with Gasteiger partial charge in [-0.15, -0.1) is 24.0 Å². The van der Waals surface area contributed by atoms with E-state index in [1.54, 1.807) is 12.1 Å². The van der Waals surface area contributed by atoms with E-state index in [2.05, 4.69) is 15.6 Å². The van der Waals surface area contributed by atoms with Gasteiger partial charge in [0.25, 0.3) is 0 Å². The average Bonchev–Trinajstić information content (AvgIpc) is 2.69. The molecule has 0 radical (unpaired) electrons. The summed E-state index contributed by atoms with van der Waals surface area (Å²) in [5.74, 6) is 0.711. The van der Waals surface area contributed by atoms with Crippen molar-refractivity contribution in [1.82, 2.24) is 0 Å². The van der Waals surface area contributed by atoms with Crippen molar-refractivity contribution in [3.63, 3.8) is 0 Å². The molecule has 0 spiro atoms. The lowest BCUT2D eigenvalue weighted by molar-refractivity contribution is -0.114. The standard InChI is InChI=1S/C21H19FN4O2.HI/c22-15-9-11-16(12-10-15)25-20(27)14-24-21(23)26-17-5-4-8-19(13-17)28-18-6-2-1-3-7-18;/h1-13H,14H2,(H,25,27)(H3,23,24,26);1H. The number of anilines is 2. The van der Waals surface area contributed by atoms with Gasteiger partial charge in [0.15, 0.2) is 5.96 Å². The van der Waals surface area contributed by atoms with Crippen molar-refractivity contribution in [3.05, 3.63) is 84.7 Å². The molecule has 0 aliphatic rings. The van der Waals surface area contributed by atoms with Gasteiger partial charge in [-0.25, -0.2) is 9.38 Å². The Morgan fingerprint density at radius 1 is 0.897 bits per heavy atom. The van der Waals surface area contributed by atoms with Crippen LogP contribution in [-0.2, 0) is 4.79 Å². The fourth-order valence-electron chi connectivity index (χ4n) is 2.34. The van der Waals surface area contributed by atoms with Gasteiger partial charge in [-0.2, -0.15) is 0 Å². The minimum Gasteiger partial charge on any atom is -0.457 e. The van der Waals surface area contributed by atoms with Crippen molar-refractivity contribution in [2.75, 3.05) is 17.2 Å². The van der Waals surface area contributed by atoms with Gasteiger partial charge in [-0.05, 0) is 48.5 Å². The first kappa shape index (κ1) is 22.2. The molecule has 0 atom stereocenters. The van der Waals surface area contributed by atoms with Crippen LogP contribution >= 0.6 is 24.0 Å². The number of aliphatic imine (C=N–C) groups is 1. The van der Waals surface area contributed by atoms with Crippen molar-refractivity contribution < 1.29 is 13.9 Å². The number of carbonyl (C=O) groups excluding carboxylic acids is 1. The number of halogens is 2. The third-order valence-corrected chi connectivity index (χ3v) is 3.61. The van der Waals surface area contributed by atoms with Crippen LogP contribution in [0, 0.1) is 5.82 Å².